The molecular weight excluding hydrogens is 220 g/mol. The second-order valence-electron chi connectivity index (χ2n) is 5.66. The Hall–Kier alpha value is -0.860. The normalized spacial score (nSPS) is 21.4. The molecule has 2 nitrogen and oxygen atoms in total. The first kappa shape index (κ1) is 13.6. The SMILES string of the molecule is CCc1cccc(CN2CCNC[C@H]2C(C)C)c1. The Morgan fingerprint density at radius 1 is 1.33 bits per heavy atom. The molecule has 0 spiro atoms. The van der Waals surface area contributed by atoms with Crippen molar-refractivity contribution in [2.24, 2.45) is 5.92 Å². The van der Waals surface area contributed by atoms with Crippen molar-refractivity contribution < 1.29 is 0 Å². The lowest BCUT2D eigenvalue weighted by atomic mass is 9.99. The summed E-state index contributed by atoms with van der Waals surface area (Å²) >= 11 is 0. The van der Waals surface area contributed by atoms with E-state index in [1.807, 2.05) is 0 Å². The summed E-state index contributed by atoms with van der Waals surface area (Å²) in [5.74, 6) is 0.715. The number of rotatable bonds is 4. The molecule has 1 heterocycles. The van der Waals surface area contributed by atoms with E-state index in [4.69, 9.17) is 0 Å². The predicted molar refractivity (Wildman–Crippen MR) is 77.7 cm³/mol. The summed E-state index contributed by atoms with van der Waals surface area (Å²) in [6.45, 7) is 11.4. The van der Waals surface area contributed by atoms with E-state index in [-0.39, 0.29) is 0 Å². The number of aryl methyl sites for hydroxylation is 1. The molecule has 1 atom stereocenters. The maximum Gasteiger partial charge on any atom is 0.0247 e. The van der Waals surface area contributed by atoms with Gasteiger partial charge in [0.1, 0.15) is 0 Å². The summed E-state index contributed by atoms with van der Waals surface area (Å²) in [5.41, 5.74) is 2.91. The molecule has 0 amide bonds. The summed E-state index contributed by atoms with van der Waals surface area (Å²) < 4.78 is 0. The molecule has 0 radical (unpaired) electrons. The van der Waals surface area contributed by atoms with Gasteiger partial charge in [-0.1, -0.05) is 45.0 Å². The molecule has 18 heavy (non-hydrogen) atoms. The molecule has 2 rings (SSSR count). The monoisotopic (exact) mass is 246 g/mol. The summed E-state index contributed by atoms with van der Waals surface area (Å²) in [5, 5.41) is 3.51. The zero-order valence-corrected chi connectivity index (χ0v) is 11.9. The van der Waals surface area contributed by atoms with Gasteiger partial charge in [-0.25, -0.2) is 0 Å². The van der Waals surface area contributed by atoms with Gasteiger partial charge in [-0.15, -0.1) is 0 Å². The quantitative estimate of drug-likeness (QED) is 0.878. The Morgan fingerprint density at radius 2 is 2.11 bits per heavy atom. The highest BCUT2D eigenvalue weighted by atomic mass is 15.2. The topological polar surface area (TPSA) is 15.3 Å². The molecule has 0 bridgehead atoms. The first-order valence-corrected chi connectivity index (χ1v) is 7.23. The number of hydrogen-bond donors (Lipinski definition) is 1. The second-order valence-corrected chi connectivity index (χ2v) is 5.66. The molecule has 0 saturated carbocycles. The summed E-state index contributed by atoms with van der Waals surface area (Å²) in [6, 6.07) is 9.71. The maximum absolute atomic E-state index is 3.51. The third kappa shape index (κ3) is 3.33. The Morgan fingerprint density at radius 3 is 2.83 bits per heavy atom. The number of hydrogen-bond acceptors (Lipinski definition) is 2. The van der Waals surface area contributed by atoms with E-state index < -0.39 is 0 Å². The minimum absolute atomic E-state index is 0.670. The molecule has 1 aliphatic rings. The summed E-state index contributed by atoms with van der Waals surface area (Å²) in [4.78, 5) is 2.63. The van der Waals surface area contributed by atoms with Gasteiger partial charge in [0, 0.05) is 32.2 Å². The number of nitrogens with one attached hydrogen (secondary N) is 1. The van der Waals surface area contributed by atoms with E-state index in [1.165, 1.54) is 17.7 Å². The standard InChI is InChI=1S/C16H26N2/c1-4-14-6-5-7-15(10-14)12-18-9-8-17-11-16(18)13(2)3/h5-7,10,13,16-17H,4,8-9,11-12H2,1-3H3/t16-/m0/s1. The van der Waals surface area contributed by atoms with Gasteiger partial charge in [-0.2, -0.15) is 0 Å². The molecule has 1 aromatic rings. The van der Waals surface area contributed by atoms with Gasteiger partial charge in [0.25, 0.3) is 0 Å². The smallest absolute Gasteiger partial charge is 0.0247 e. The van der Waals surface area contributed by atoms with Gasteiger partial charge in [0.05, 0.1) is 0 Å². The molecule has 2 heteroatoms. The minimum atomic E-state index is 0.670. The van der Waals surface area contributed by atoms with Crippen LogP contribution in [0.2, 0.25) is 0 Å². The van der Waals surface area contributed by atoms with E-state index in [0.29, 0.717) is 12.0 Å². The Bertz CT molecular complexity index is 373. The molecule has 0 unspecified atom stereocenters. The highest BCUT2D eigenvalue weighted by molar-refractivity contribution is 5.23. The number of piperazine rings is 1. The Labute approximate surface area is 111 Å². The van der Waals surface area contributed by atoms with Crippen molar-refractivity contribution in [2.45, 2.75) is 39.8 Å². The lowest BCUT2D eigenvalue weighted by Crippen LogP contribution is -2.52. The van der Waals surface area contributed by atoms with E-state index in [0.717, 1.165) is 26.1 Å². The van der Waals surface area contributed by atoms with Crippen molar-refractivity contribution in [3.8, 4) is 0 Å². The van der Waals surface area contributed by atoms with Crippen LogP contribution >= 0.6 is 0 Å². The molecule has 1 aromatic carbocycles. The number of nitrogens with zero attached hydrogens (tertiary/aromatic N) is 1. The van der Waals surface area contributed by atoms with Crippen LogP contribution in [0.25, 0.3) is 0 Å². The van der Waals surface area contributed by atoms with Crippen molar-refractivity contribution in [1.82, 2.24) is 10.2 Å². The van der Waals surface area contributed by atoms with Crippen molar-refractivity contribution in [3.63, 3.8) is 0 Å². The van der Waals surface area contributed by atoms with Gasteiger partial charge in [0.2, 0.25) is 0 Å². The summed E-state index contributed by atoms with van der Waals surface area (Å²) in [7, 11) is 0. The van der Waals surface area contributed by atoms with E-state index in [9.17, 15) is 0 Å². The Balaban J connectivity index is 2.05. The van der Waals surface area contributed by atoms with Crippen LogP contribution in [0.3, 0.4) is 0 Å². The average molecular weight is 246 g/mol. The van der Waals surface area contributed by atoms with Crippen molar-refractivity contribution in [3.05, 3.63) is 35.4 Å². The molecule has 1 N–H and O–H groups in total. The first-order chi connectivity index (χ1) is 8.70. The molecule has 0 aromatic heterocycles. The lowest BCUT2D eigenvalue weighted by molar-refractivity contribution is 0.117. The van der Waals surface area contributed by atoms with Crippen LogP contribution in [0.4, 0.5) is 0 Å². The van der Waals surface area contributed by atoms with Crippen molar-refractivity contribution in [1.29, 1.82) is 0 Å². The van der Waals surface area contributed by atoms with Gasteiger partial charge < -0.3 is 5.32 Å². The van der Waals surface area contributed by atoms with Crippen molar-refractivity contribution in [2.75, 3.05) is 19.6 Å². The fraction of sp³-hybridized carbons (Fsp3) is 0.625. The molecule has 100 valence electrons. The van der Waals surface area contributed by atoms with Crippen molar-refractivity contribution >= 4 is 0 Å². The van der Waals surface area contributed by atoms with Crippen LogP contribution in [-0.2, 0) is 13.0 Å². The second kappa shape index (κ2) is 6.35. The predicted octanol–water partition coefficient (Wildman–Crippen LogP) is 2.68. The maximum atomic E-state index is 3.51. The van der Waals surface area contributed by atoms with Gasteiger partial charge in [-0.05, 0) is 23.5 Å². The van der Waals surface area contributed by atoms with Gasteiger partial charge in [0.15, 0.2) is 0 Å². The highest BCUT2D eigenvalue weighted by Gasteiger charge is 2.24. The van der Waals surface area contributed by atoms with Crippen LogP contribution in [0, 0.1) is 5.92 Å². The Kier molecular flexibility index (Phi) is 4.79. The number of benzene rings is 1. The molecule has 1 aliphatic heterocycles. The molecule has 0 aliphatic carbocycles. The average Bonchev–Trinajstić information content (AvgIpc) is 2.39. The van der Waals surface area contributed by atoms with E-state index in [1.54, 1.807) is 0 Å². The van der Waals surface area contributed by atoms with Crippen LogP contribution in [0.15, 0.2) is 24.3 Å². The van der Waals surface area contributed by atoms with Crippen LogP contribution in [-0.4, -0.2) is 30.6 Å². The fourth-order valence-corrected chi connectivity index (χ4v) is 2.80. The van der Waals surface area contributed by atoms with Gasteiger partial charge in [-0.3, -0.25) is 4.90 Å². The zero-order valence-electron chi connectivity index (χ0n) is 11.9. The van der Waals surface area contributed by atoms with Gasteiger partial charge >= 0.3 is 0 Å². The van der Waals surface area contributed by atoms with E-state index in [2.05, 4.69) is 55.3 Å². The third-order valence-corrected chi connectivity index (χ3v) is 3.95. The molecule has 1 fully saturated rings. The first-order valence-electron chi connectivity index (χ1n) is 7.23. The van der Waals surface area contributed by atoms with E-state index >= 15 is 0 Å². The zero-order chi connectivity index (χ0) is 13.0. The fourth-order valence-electron chi connectivity index (χ4n) is 2.80. The molecular formula is C16H26N2. The lowest BCUT2D eigenvalue weighted by Gasteiger charge is -2.38. The van der Waals surface area contributed by atoms with Crippen LogP contribution in [0.5, 0.6) is 0 Å². The largest absolute Gasteiger partial charge is 0.314 e. The minimum Gasteiger partial charge on any atom is -0.314 e. The van der Waals surface area contributed by atoms with Crippen LogP contribution in [0.1, 0.15) is 31.9 Å². The third-order valence-electron chi connectivity index (χ3n) is 3.95. The molecule has 1 saturated heterocycles. The summed E-state index contributed by atoms with van der Waals surface area (Å²) in [6.07, 6.45) is 1.13. The van der Waals surface area contributed by atoms with Crippen LogP contribution < -0.4 is 5.32 Å². The highest BCUT2D eigenvalue weighted by Crippen LogP contribution is 2.17.